The van der Waals surface area contributed by atoms with Crippen LogP contribution in [-0.4, -0.2) is 53.0 Å². The summed E-state index contributed by atoms with van der Waals surface area (Å²) in [6, 6.07) is 1.09. The van der Waals surface area contributed by atoms with Crippen LogP contribution in [0, 0.1) is 21.4 Å². The molecule has 7 nitrogen and oxygen atoms in total. The standard InChI is InChI=1S/C16H13F4NO5.C6H15N/c1-15(2)6-10(22)11(13(24)14(15)17)12(23)8-4-3-7(16(18,19)20)5-9(8)21(25)26;1-4-7(5-2)6-3/h3-5,11,14H,6H2,1-2H3;4-6H2,1-3H3. The fourth-order valence-electron chi connectivity index (χ4n) is 3.50. The molecule has 0 radical (unpaired) electrons. The summed E-state index contributed by atoms with van der Waals surface area (Å²) >= 11 is 0. The number of hydrogen-bond donors (Lipinski definition) is 0. The lowest BCUT2D eigenvalue weighted by molar-refractivity contribution is -0.385. The van der Waals surface area contributed by atoms with Gasteiger partial charge in [0.25, 0.3) is 5.69 Å². The molecule has 184 valence electrons. The maximum absolute atomic E-state index is 14.2. The molecule has 1 saturated carbocycles. The maximum Gasteiger partial charge on any atom is 0.416 e. The number of benzene rings is 1. The van der Waals surface area contributed by atoms with E-state index in [0.29, 0.717) is 12.1 Å². The molecular formula is C22H28F4N2O5. The minimum absolute atomic E-state index is 0.141. The lowest BCUT2D eigenvalue weighted by Gasteiger charge is -2.34. The van der Waals surface area contributed by atoms with Crippen molar-refractivity contribution in [3.8, 4) is 0 Å². The van der Waals surface area contributed by atoms with Crippen LogP contribution in [-0.2, 0) is 15.8 Å². The van der Waals surface area contributed by atoms with Crippen LogP contribution in [0.3, 0.4) is 0 Å². The second-order valence-electron chi connectivity index (χ2n) is 8.30. The molecule has 1 aliphatic rings. The minimum Gasteiger partial charge on any atom is -0.304 e. The van der Waals surface area contributed by atoms with Crippen LogP contribution in [0.5, 0.6) is 0 Å². The molecule has 0 heterocycles. The molecule has 0 N–H and O–H groups in total. The smallest absolute Gasteiger partial charge is 0.304 e. The molecule has 1 aromatic carbocycles. The number of alkyl halides is 4. The third kappa shape index (κ3) is 6.66. The molecule has 2 unspecified atom stereocenters. The largest absolute Gasteiger partial charge is 0.416 e. The van der Waals surface area contributed by atoms with Gasteiger partial charge in [0.15, 0.2) is 23.5 Å². The molecule has 0 amide bonds. The third-order valence-electron chi connectivity index (χ3n) is 5.56. The average molecular weight is 476 g/mol. The van der Waals surface area contributed by atoms with E-state index in [4.69, 9.17) is 0 Å². The Bertz CT molecular complexity index is 905. The molecule has 33 heavy (non-hydrogen) atoms. The lowest BCUT2D eigenvalue weighted by Crippen LogP contribution is -2.50. The van der Waals surface area contributed by atoms with Gasteiger partial charge in [0.05, 0.1) is 16.1 Å². The summed E-state index contributed by atoms with van der Waals surface area (Å²) in [7, 11) is 0. The van der Waals surface area contributed by atoms with Crippen LogP contribution >= 0.6 is 0 Å². The number of nitro benzene ring substituents is 1. The van der Waals surface area contributed by atoms with E-state index in [2.05, 4.69) is 25.7 Å². The van der Waals surface area contributed by atoms with Gasteiger partial charge in [0, 0.05) is 17.9 Å². The number of carbonyl (C=O) groups excluding carboxylic acids is 3. The quantitative estimate of drug-likeness (QED) is 0.195. The molecule has 2 atom stereocenters. The van der Waals surface area contributed by atoms with Gasteiger partial charge in [-0.1, -0.05) is 34.6 Å². The van der Waals surface area contributed by atoms with Gasteiger partial charge in [0.1, 0.15) is 5.92 Å². The topological polar surface area (TPSA) is 97.6 Å². The van der Waals surface area contributed by atoms with Crippen molar-refractivity contribution in [3.63, 3.8) is 0 Å². The average Bonchev–Trinajstić information content (AvgIpc) is 2.72. The second kappa shape index (κ2) is 11.0. The minimum atomic E-state index is -4.89. The molecular weight excluding hydrogens is 448 g/mol. The van der Waals surface area contributed by atoms with E-state index >= 15 is 0 Å². The zero-order valence-corrected chi connectivity index (χ0v) is 19.2. The Hall–Kier alpha value is -2.69. The van der Waals surface area contributed by atoms with Gasteiger partial charge in [-0.2, -0.15) is 13.2 Å². The van der Waals surface area contributed by atoms with Crippen LogP contribution in [0.15, 0.2) is 18.2 Å². The van der Waals surface area contributed by atoms with E-state index in [0.717, 1.165) is 0 Å². The molecule has 1 fully saturated rings. The van der Waals surface area contributed by atoms with Crippen molar-refractivity contribution in [1.29, 1.82) is 0 Å². The van der Waals surface area contributed by atoms with E-state index < -0.39 is 69.2 Å². The van der Waals surface area contributed by atoms with Gasteiger partial charge in [-0.05, 0) is 31.8 Å². The lowest BCUT2D eigenvalue weighted by atomic mass is 9.68. The van der Waals surface area contributed by atoms with Crippen molar-refractivity contribution < 1.29 is 36.9 Å². The Morgan fingerprint density at radius 2 is 1.67 bits per heavy atom. The summed E-state index contributed by atoms with van der Waals surface area (Å²) in [5.74, 6) is -5.74. The van der Waals surface area contributed by atoms with Gasteiger partial charge >= 0.3 is 6.18 Å². The van der Waals surface area contributed by atoms with E-state index in [-0.39, 0.29) is 6.07 Å². The maximum atomic E-state index is 14.2. The Balaban J connectivity index is 0.000000675. The van der Waals surface area contributed by atoms with E-state index in [1.807, 2.05) is 0 Å². The molecule has 11 heteroatoms. The molecule has 1 aromatic rings. The molecule has 0 saturated heterocycles. The monoisotopic (exact) mass is 476 g/mol. The first-order valence-electron chi connectivity index (χ1n) is 10.4. The second-order valence-corrected chi connectivity index (χ2v) is 8.30. The first-order chi connectivity index (χ1) is 15.1. The Kier molecular flexibility index (Phi) is 9.41. The number of Topliss-reactive ketones (excluding diaryl/α,β-unsaturated/α-hetero) is 3. The molecule has 2 rings (SSSR count). The highest BCUT2D eigenvalue weighted by atomic mass is 19.4. The summed E-state index contributed by atoms with van der Waals surface area (Å²) in [4.78, 5) is 48.9. The van der Waals surface area contributed by atoms with Gasteiger partial charge in [-0.15, -0.1) is 0 Å². The number of ketones is 3. The summed E-state index contributed by atoms with van der Waals surface area (Å²) < 4.78 is 52.3. The number of nitrogens with zero attached hydrogens (tertiary/aromatic N) is 2. The summed E-state index contributed by atoms with van der Waals surface area (Å²) in [6.45, 7) is 12.8. The van der Waals surface area contributed by atoms with Crippen LogP contribution in [0.25, 0.3) is 0 Å². The van der Waals surface area contributed by atoms with Crippen molar-refractivity contribution >= 4 is 23.0 Å². The van der Waals surface area contributed by atoms with Crippen LogP contribution in [0.1, 0.15) is 57.0 Å². The highest BCUT2D eigenvalue weighted by Crippen LogP contribution is 2.39. The van der Waals surface area contributed by atoms with Gasteiger partial charge < -0.3 is 4.90 Å². The number of hydrogen-bond acceptors (Lipinski definition) is 6. The first-order valence-corrected chi connectivity index (χ1v) is 10.4. The SMILES string of the molecule is CC1(C)CC(=O)C(C(=O)c2ccc(C(F)(F)F)cc2[N+](=O)[O-])C(=O)C1F.CCN(CC)CC. The van der Waals surface area contributed by atoms with Crippen molar-refractivity contribution in [3.05, 3.63) is 39.4 Å². The first kappa shape index (κ1) is 28.3. The van der Waals surface area contributed by atoms with Gasteiger partial charge in [-0.3, -0.25) is 24.5 Å². The predicted octanol–water partition coefficient (Wildman–Crippen LogP) is 4.67. The number of nitro groups is 1. The molecule has 0 aliphatic heterocycles. The normalized spacial score (nSPS) is 20.3. The van der Waals surface area contributed by atoms with Crippen molar-refractivity contribution in [2.45, 2.75) is 53.4 Å². The Labute approximate surface area is 189 Å². The highest BCUT2D eigenvalue weighted by Gasteiger charge is 2.52. The van der Waals surface area contributed by atoms with Crippen LogP contribution < -0.4 is 0 Å². The number of rotatable bonds is 6. The third-order valence-corrected chi connectivity index (χ3v) is 5.56. The fraction of sp³-hybridized carbons (Fsp3) is 0.591. The fourth-order valence-corrected chi connectivity index (χ4v) is 3.50. The van der Waals surface area contributed by atoms with Crippen LogP contribution in [0.2, 0.25) is 0 Å². The molecule has 0 spiro atoms. The summed E-state index contributed by atoms with van der Waals surface area (Å²) in [5, 5.41) is 11.1. The van der Waals surface area contributed by atoms with Crippen molar-refractivity contribution in [1.82, 2.24) is 4.90 Å². The number of carbonyl (C=O) groups is 3. The molecule has 0 bridgehead atoms. The van der Waals surface area contributed by atoms with E-state index in [1.54, 1.807) is 0 Å². The zero-order chi connectivity index (χ0) is 25.7. The summed E-state index contributed by atoms with van der Waals surface area (Å²) in [6.07, 6.45) is -7.50. The molecule has 1 aliphatic carbocycles. The van der Waals surface area contributed by atoms with Crippen LogP contribution in [0.4, 0.5) is 23.2 Å². The van der Waals surface area contributed by atoms with Gasteiger partial charge in [-0.25, -0.2) is 4.39 Å². The van der Waals surface area contributed by atoms with E-state index in [9.17, 15) is 42.1 Å². The van der Waals surface area contributed by atoms with Crippen molar-refractivity contribution in [2.24, 2.45) is 11.3 Å². The highest BCUT2D eigenvalue weighted by molar-refractivity contribution is 6.27. The van der Waals surface area contributed by atoms with Crippen molar-refractivity contribution in [2.75, 3.05) is 19.6 Å². The number of halogens is 4. The Morgan fingerprint density at radius 1 is 1.15 bits per heavy atom. The Morgan fingerprint density at radius 3 is 2.06 bits per heavy atom. The molecule has 0 aromatic heterocycles. The van der Waals surface area contributed by atoms with Gasteiger partial charge in [0.2, 0.25) is 0 Å². The predicted molar refractivity (Wildman–Crippen MR) is 113 cm³/mol. The van der Waals surface area contributed by atoms with E-state index in [1.165, 1.54) is 33.5 Å². The summed E-state index contributed by atoms with van der Waals surface area (Å²) in [5.41, 5.74) is -4.75. The zero-order valence-electron chi connectivity index (χ0n) is 19.2.